The molecule has 7 heteroatoms. The number of nitro groups is 1. The van der Waals surface area contributed by atoms with Crippen LogP contribution in [0.2, 0.25) is 0 Å². The number of anilines is 1. The Hall–Kier alpha value is -3.76. The van der Waals surface area contributed by atoms with Crippen molar-refractivity contribution in [2.75, 3.05) is 5.32 Å². The summed E-state index contributed by atoms with van der Waals surface area (Å²) in [7, 11) is 0. The van der Waals surface area contributed by atoms with Crippen molar-refractivity contribution in [3.05, 3.63) is 86.8 Å². The van der Waals surface area contributed by atoms with Crippen LogP contribution in [0.4, 0.5) is 11.4 Å². The molecule has 0 saturated carbocycles. The van der Waals surface area contributed by atoms with Gasteiger partial charge in [0.25, 0.3) is 11.6 Å². The Morgan fingerprint density at radius 1 is 1.14 bits per heavy atom. The molecule has 1 amide bonds. The van der Waals surface area contributed by atoms with Gasteiger partial charge in [-0.15, -0.1) is 11.3 Å². The van der Waals surface area contributed by atoms with Crippen LogP contribution in [-0.4, -0.2) is 10.8 Å². The first-order valence-corrected chi connectivity index (χ1v) is 9.13. The molecule has 0 aliphatic carbocycles. The van der Waals surface area contributed by atoms with Crippen LogP contribution in [0.15, 0.2) is 66.2 Å². The number of nitrogens with one attached hydrogen (secondary N) is 1. The minimum absolute atomic E-state index is 0.0117. The van der Waals surface area contributed by atoms with Gasteiger partial charge in [0.15, 0.2) is 0 Å². The molecule has 0 saturated heterocycles. The van der Waals surface area contributed by atoms with Gasteiger partial charge in [0, 0.05) is 21.5 Å². The lowest BCUT2D eigenvalue weighted by molar-refractivity contribution is -0.384. The molecule has 1 heterocycles. The molecule has 2 aromatic carbocycles. The van der Waals surface area contributed by atoms with E-state index in [-0.39, 0.29) is 11.3 Å². The van der Waals surface area contributed by atoms with Crippen LogP contribution >= 0.6 is 11.3 Å². The van der Waals surface area contributed by atoms with Crippen molar-refractivity contribution in [2.24, 2.45) is 0 Å². The highest BCUT2D eigenvalue weighted by Gasteiger charge is 2.16. The van der Waals surface area contributed by atoms with Crippen molar-refractivity contribution < 1.29 is 9.72 Å². The number of hydrogen-bond acceptors (Lipinski definition) is 5. The normalized spacial score (nSPS) is 10.9. The molecule has 0 aliphatic rings. The zero-order chi connectivity index (χ0) is 20.1. The molecule has 3 rings (SSSR count). The summed E-state index contributed by atoms with van der Waals surface area (Å²) in [5.74, 6) is -0.502. The number of aryl methyl sites for hydroxylation is 1. The Bertz CT molecular complexity index is 1130. The van der Waals surface area contributed by atoms with E-state index in [0.29, 0.717) is 21.0 Å². The summed E-state index contributed by atoms with van der Waals surface area (Å²) in [4.78, 5) is 24.6. The quantitative estimate of drug-likeness (QED) is 0.281. The van der Waals surface area contributed by atoms with Gasteiger partial charge >= 0.3 is 0 Å². The SMILES string of the molecule is Cc1ccccc1NC(=O)/C(C#N)=C/c1ccc(-c2ccccc2[N+](=O)[O-])s1. The number of carbonyl (C=O) groups is 1. The van der Waals surface area contributed by atoms with Gasteiger partial charge in [0.05, 0.1) is 10.5 Å². The maximum Gasteiger partial charge on any atom is 0.278 e. The van der Waals surface area contributed by atoms with E-state index < -0.39 is 10.8 Å². The molecule has 1 aromatic heterocycles. The molecule has 138 valence electrons. The Balaban J connectivity index is 1.87. The molecule has 28 heavy (non-hydrogen) atoms. The summed E-state index contributed by atoms with van der Waals surface area (Å²) in [6.07, 6.45) is 1.48. The molecule has 0 radical (unpaired) electrons. The van der Waals surface area contributed by atoms with Crippen LogP contribution in [-0.2, 0) is 4.79 Å². The number of thiophene rings is 1. The van der Waals surface area contributed by atoms with Gasteiger partial charge in [-0.05, 0) is 42.8 Å². The maximum absolute atomic E-state index is 12.4. The summed E-state index contributed by atoms with van der Waals surface area (Å²) in [6, 6.07) is 19.1. The summed E-state index contributed by atoms with van der Waals surface area (Å²) >= 11 is 1.28. The van der Waals surface area contributed by atoms with E-state index in [1.54, 1.807) is 42.5 Å². The van der Waals surface area contributed by atoms with E-state index in [1.807, 2.05) is 25.1 Å². The third-order valence-electron chi connectivity index (χ3n) is 4.04. The van der Waals surface area contributed by atoms with Gasteiger partial charge in [-0.25, -0.2) is 0 Å². The Kier molecular flexibility index (Phi) is 5.63. The molecule has 0 fully saturated rings. The Morgan fingerprint density at radius 2 is 1.86 bits per heavy atom. The van der Waals surface area contributed by atoms with E-state index in [4.69, 9.17) is 0 Å². The molecule has 0 unspecified atom stereocenters. The molecule has 0 bridgehead atoms. The number of amides is 1. The van der Waals surface area contributed by atoms with E-state index in [1.165, 1.54) is 23.5 Å². The van der Waals surface area contributed by atoms with Crippen LogP contribution in [0.1, 0.15) is 10.4 Å². The van der Waals surface area contributed by atoms with Gasteiger partial charge in [-0.1, -0.05) is 30.3 Å². The minimum Gasteiger partial charge on any atom is -0.321 e. The molecule has 0 atom stereocenters. The average molecular weight is 389 g/mol. The van der Waals surface area contributed by atoms with Crippen LogP contribution in [0, 0.1) is 28.4 Å². The second-order valence-electron chi connectivity index (χ2n) is 5.92. The highest BCUT2D eigenvalue weighted by atomic mass is 32.1. The summed E-state index contributed by atoms with van der Waals surface area (Å²) < 4.78 is 0. The fourth-order valence-electron chi connectivity index (χ4n) is 2.61. The fourth-order valence-corrected chi connectivity index (χ4v) is 3.60. The van der Waals surface area contributed by atoms with Gasteiger partial charge in [-0.2, -0.15) is 5.26 Å². The first-order chi connectivity index (χ1) is 13.5. The lowest BCUT2D eigenvalue weighted by Gasteiger charge is -2.06. The molecule has 6 nitrogen and oxygen atoms in total. The monoisotopic (exact) mass is 389 g/mol. The highest BCUT2D eigenvalue weighted by molar-refractivity contribution is 7.16. The van der Waals surface area contributed by atoms with Crippen LogP contribution in [0.25, 0.3) is 16.5 Å². The Labute approximate surface area is 165 Å². The summed E-state index contributed by atoms with van der Waals surface area (Å²) in [5.41, 5.74) is 2.00. The number of hydrogen-bond donors (Lipinski definition) is 1. The number of benzene rings is 2. The maximum atomic E-state index is 12.4. The second kappa shape index (κ2) is 8.29. The van der Waals surface area contributed by atoms with Gasteiger partial charge in [-0.3, -0.25) is 14.9 Å². The number of nitro benzene ring substituents is 1. The number of nitriles is 1. The molecule has 1 N–H and O–H groups in total. The van der Waals surface area contributed by atoms with Crippen molar-refractivity contribution in [1.82, 2.24) is 0 Å². The van der Waals surface area contributed by atoms with Gasteiger partial charge < -0.3 is 5.32 Å². The van der Waals surface area contributed by atoms with Crippen LogP contribution < -0.4 is 5.32 Å². The van der Waals surface area contributed by atoms with E-state index in [2.05, 4.69) is 5.32 Å². The van der Waals surface area contributed by atoms with E-state index >= 15 is 0 Å². The standard InChI is InChI=1S/C21H15N3O3S/c1-14-6-2-4-8-18(14)23-21(25)15(13-22)12-16-10-11-20(28-16)17-7-3-5-9-19(17)24(26)27/h2-12H,1H3,(H,23,25)/b15-12+. The first-order valence-electron chi connectivity index (χ1n) is 8.32. The van der Waals surface area contributed by atoms with Crippen LogP contribution in [0.5, 0.6) is 0 Å². The highest BCUT2D eigenvalue weighted by Crippen LogP contribution is 2.35. The van der Waals surface area contributed by atoms with Crippen molar-refractivity contribution in [2.45, 2.75) is 6.92 Å². The first kappa shape index (κ1) is 19.0. The van der Waals surface area contributed by atoms with Gasteiger partial charge in [0.1, 0.15) is 11.6 Å². The lowest BCUT2D eigenvalue weighted by atomic mass is 10.1. The number of rotatable bonds is 5. The molecule has 0 aliphatic heterocycles. The third-order valence-corrected chi connectivity index (χ3v) is 5.10. The number of nitrogens with zero attached hydrogens (tertiary/aromatic N) is 2. The number of carbonyl (C=O) groups excluding carboxylic acids is 1. The van der Waals surface area contributed by atoms with Crippen molar-refractivity contribution in [3.8, 4) is 16.5 Å². The largest absolute Gasteiger partial charge is 0.321 e. The predicted octanol–water partition coefficient (Wildman–Crippen LogP) is 5.18. The van der Waals surface area contributed by atoms with Crippen molar-refractivity contribution in [1.29, 1.82) is 5.26 Å². The molecular formula is C21H15N3O3S. The Morgan fingerprint density at radius 3 is 2.57 bits per heavy atom. The topological polar surface area (TPSA) is 96.0 Å². The number of para-hydroxylation sites is 2. The second-order valence-corrected chi connectivity index (χ2v) is 7.03. The lowest BCUT2D eigenvalue weighted by Crippen LogP contribution is -2.14. The zero-order valence-electron chi connectivity index (χ0n) is 14.9. The zero-order valence-corrected chi connectivity index (χ0v) is 15.7. The molecular weight excluding hydrogens is 374 g/mol. The minimum atomic E-state index is -0.502. The smallest absolute Gasteiger partial charge is 0.278 e. The van der Waals surface area contributed by atoms with E-state index in [9.17, 15) is 20.2 Å². The van der Waals surface area contributed by atoms with Crippen molar-refractivity contribution in [3.63, 3.8) is 0 Å². The molecule has 0 spiro atoms. The predicted molar refractivity (Wildman–Crippen MR) is 110 cm³/mol. The van der Waals surface area contributed by atoms with Gasteiger partial charge in [0.2, 0.25) is 0 Å². The van der Waals surface area contributed by atoms with Crippen LogP contribution in [0.3, 0.4) is 0 Å². The fraction of sp³-hybridized carbons (Fsp3) is 0.0476. The van der Waals surface area contributed by atoms with Crippen molar-refractivity contribution >= 4 is 34.7 Å². The third kappa shape index (κ3) is 4.14. The van der Waals surface area contributed by atoms with E-state index in [0.717, 1.165) is 5.56 Å². The molecule has 3 aromatic rings. The average Bonchev–Trinajstić information content (AvgIpc) is 3.16. The summed E-state index contributed by atoms with van der Waals surface area (Å²) in [5, 5.41) is 23.3. The summed E-state index contributed by atoms with van der Waals surface area (Å²) in [6.45, 7) is 1.86.